The lowest BCUT2D eigenvalue weighted by Gasteiger charge is -2.23. The lowest BCUT2D eigenvalue weighted by Crippen LogP contribution is -2.42. The molecule has 0 aromatic heterocycles. The molecule has 3 rings (SSSR count). The molecule has 0 spiro atoms. The van der Waals surface area contributed by atoms with E-state index >= 15 is 0 Å². The topological polar surface area (TPSA) is 78.9 Å². The van der Waals surface area contributed by atoms with E-state index in [1.165, 1.54) is 5.56 Å². The Kier molecular flexibility index (Phi) is 6.72. The number of aliphatic carboxylic acids is 1. The van der Waals surface area contributed by atoms with Crippen LogP contribution in [0, 0.1) is 11.3 Å². The first-order chi connectivity index (χ1) is 13.1. The van der Waals surface area contributed by atoms with Gasteiger partial charge in [0.25, 0.3) is 0 Å². The van der Waals surface area contributed by atoms with Crippen LogP contribution in [0.25, 0.3) is 0 Å². The zero-order valence-corrected chi connectivity index (χ0v) is 15.9. The maximum absolute atomic E-state index is 12.3. The number of hydrogen-bond acceptors (Lipinski definition) is 3. The van der Waals surface area contributed by atoms with Gasteiger partial charge in [0, 0.05) is 26.2 Å². The molecule has 2 fully saturated rings. The number of carbonyl (C=O) groups excluding carboxylic acids is 1. The number of likely N-dealkylation sites (tertiary alicyclic amines) is 1. The fourth-order valence-electron chi connectivity index (χ4n) is 4.37. The number of hydrogen-bond donors (Lipinski definition) is 2. The van der Waals surface area contributed by atoms with E-state index in [-0.39, 0.29) is 11.9 Å². The van der Waals surface area contributed by atoms with Crippen LogP contribution in [0.4, 0.5) is 4.79 Å². The van der Waals surface area contributed by atoms with Crippen molar-refractivity contribution in [2.24, 2.45) is 11.3 Å². The molecule has 27 heavy (non-hydrogen) atoms. The molecule has 6 heteroatoms. The van der Waals surface area contributed by atoms with Crippen molar-refractivity contribution in [1.29, 1.82) is 0 Å². The first-order valence-corrected chi connectivity index (χ1v) is 10.00. The molecule has 0 unspecified atom stereocenters. The third-order valence-electron chi connectivity index (χ3n) is 5.95. The van der Waals surface area contributed by atoms with Crippen LogP contribution < -0.4 is 5.32 Å². The van der Waals surface area contributed by atoms with Gasteiger partial charge in [-0.1, -0.05) is 36.8 Å². The average Bonchev–Trinajstić information content (AvgIpc) is 3.23. The minimum absolute atomic E-state index is 0.110. The highest BCUT2D eigenvalue weighted by Crippen LogP contribution is 2.48. The minimum Gasteiger partial charge on any atom is -0.481 e. The summed E-state index contributed by atoms with van der Waals surface area (Å²) in [4.78, 5) is 25.7. The van der Waals surface area contributed by atoms with E-state index in [0.29, 0.717) is 39.3 Å². The molecule has 148 valence electrons. The Morgan fingerprint density at radius 1 is 1.22 bits per heavy atom. The fraction of sp³-hybridized carbons (Fsp3) is 0.619. The molecule has 2 aliphatic rings. The summed E-state index contributed by atoms with van der Waals surface area (Å²) in [5, 5.41) is 12.5. The van der Waals surface area contributed by atoms with E-state index in [1.807, 2.05) is 18.2 Å². The van der Waals surface area contributed by atoms with Crippen LogP contribution >= 0.6 is 0 Å². The van der Waals surface area contributed by atoms with Gasteiger partial charge in [-0.25, -0.2) is 4.79 Å². The van der Waals surface area contributed by atoms with Gasteiger partial charge in [-0.2, -0.15) is 0 Å². The molecule has 1 aliphatic heterocycles. The highest BCUT2D eigenvalue weighted by Gasteiger charge is 2.55. The summed E-state index contributed by atoms with van der Waals surface area (Å²) in [5.41, 5.74) is 0.573. The second-order valence-corrected chi connectivity index (χ2v) is 7.72. The van der Waals surface area contributed by atoms with Gasteiger partial charge >= 0.3 is 12.0 Å². The molecular weight excluding hydrogens is 344 g/mol. The van der Waals surface area contributed by atoms with Crippen molar-refractivity contribution in [2.45, 2.75) is 38.5 Å². The predicted molar refractivity (Wildman–Crippen MR) is 103 cm³/mol. The minimum atomic E-state index is -0.743. The summed E-state index contributed by atoms with van der Waals surface area (Å²) in [6, 6.07) is 10.1. The lowest BCUT2D eigenvalue weighted by molar-refractivity contribution is -0.149. The molecule has 1 aromatic rings. The lowest BCUT2D eigenvalue weighted by atomic mass is 9.81. The highest BCUT2D eigenvalue weighted by atomic mass is 16.5. The summed E-state index contributed by atoms with van der Waals surface area (Å²) < 4.78 is 5.65. The number of unbranched alkanes of at least 4 members (excludes halogenated alkanes) is 1. The number of benzene rings is 1. The summed E-state index contributed by atoms with van der Waals surface area (Å²) >= 11 is 0. The van der Waals surface area contributed by atoms with Crippen molar-refractivity contribution in [1.82, 2.24) is 10.2 Å². The molecule has 0 radical (unpaired) electrons. The van der Waals surface area contributed by atoms with Crippen LogP contribution in [-0.2, 0) is 16.0 Å². The number of nitrogens with zero attached hydrogens (tertiary/aromatic N) is 1. The number of fused-ring (bicyclic) bond motifs is 1. The van der Waals surface area contributed by atoms with Crippen LogP contribution in [0.1, 0.15) is 37.7 Å². The van der Waals surface area contributed by atoms with Crippen LogP contribution in [0.3, 0.4) is 0 Å². The number of ether oxygens (including phenoxy) is 1. The van der Waals surface area contributed by atoms with Crippen LogP contribution in [-0.4, -0.2) is 54.9 Å². The van der Waals surface area contributed by atoms with E-state index < -0.39 is 11.4 Å². The van der Waals surface area contributed by atoms with E-state index in [0.717, 1.165) is 32.1 Å². The van der Waals surface area contributed by atoms with Gasteiger partial charge in [-0.05, 0) is 43.6 Å². The number of nitrogens with one attached hydrogen (secondary N) is 1. The summed E-state index contributed by atoms with van der Waals surface area (Å²) in [7, 11) is 0. The Labute approximate surface area is 160 Å². The molecule has 2 N–H and O–H groups in total. The van der Waals surface area contributed by atoms with Crippen LogP contribution in [0.5, 0.6) is 0 Å². The number of carboxylic acids is 1. The third kappa shape index (κ3) is 4.80. The van der Waals surface area contributed by atoms with Crippen molar-refractivity contribution in [3.63, 3.8) is 0 Å². The van der Waals surface area contributed by atoms with Gasteiger partial charge in [0.15, 0.2) is 0 Å². The molecular formula is C21H30N2O4. The Balaban J connectivity index is 1.26. The van der Waals surface area contributed by atoms with Crippen molar-refractivity contribution in [2.75, 3.05) is 32.8 Å². The Hall–Kier alpha value is -2.08. The first kappa shape index (κ1) is 19.7. The van der Waals surface area contributed by atoms with Crippen LogP contribution in [0.2, 0.25) is 0 Å². The highest BCUT2D eigenvalue weighted by molar-refractivity contribution is 5.80. The standard InChI is InChI=1S/C21H30N2O4/c24-19(25)21-11-6-9-18(21)15-23(16-21)20(26)22-12-4-5-13-27-14-10-17-7-2-1-3-8-17/h1-3,7-8,18H,4-6,9-16H2,(H,22,26)(H,24,25)/t18-,21+/m0/s1. The largest absolute Gasteiger partial charge is 0.481 e. The van der Waals surface area contributed by atoms with Crippen molar-refractivity contribution >= 4 is 12.0 Å². The van der Waals surface area contributed by atoms with Gasteiger partial charge in [0.05, 0.1) is 12.0 Å². The second-order valence-electron chi connectivity index (χ2n) is 7.72. The van der Waals surface area contributed by atoms with Gasteiger partial charge in [-0.15, -0.1) is 0 Å². The first-order valence-electron chi connectivity index (χ1n) is 10.00. The fourth-order valence-corrected chi connectivity index (χ4v) is 4.37. The molecule has 1 saturated heterocycles. The van der Waals surface area contributed by atoms with Gasteiger partial charge < -0.3 is 20.1 Å². The predicted octanol–water partition coefficient (Wildman–Crippen LogP) is 2.92. The Bertz CT molecular complexity index is 636. The van der Waals surface area contributed by atoms with Crippen molar-refractivity contribution < 1.29 is 19.4 Å². The number of amides is 2. The van der Waals surface area contributed by atoms with E-state index in [2.05, 4.69) is 17.4 Å². The Morgan fingerprint density at radius 2 is 2.04 bits per heavy atom. The molecule has 0 bridgehead atoms. The van der Waals surface area contributed by atoms with Crippen LogP contribution in [0.15, 0.2) is 30.3 Å². The number of rotatable bonds is 9. The molecule has 6 nitrogen and oxygen atoms in total. The summed E-state index contributed by atoms with van der Waals surface area (Å²) in [5.74, 6) is -0.633. The quantitative estimate of drug-likeness (QED) is 0.652. The van der Waals surface area contributed by atoms with E-state index in [4.69, 9.17) is 4.74 Å². The molecule has 2 atom stereocenters. The van der Waals surface area contributed by atoms with Gasteiger partial charge in [-0.3, -0.25) is 4.79 Å². The third-order valence-corrected chi connectivity index (χ3v) is 5.95. The van der Waals surface area contributed by atoms with E-state index in [1.54, 1.807) is 4.90 Å². The molecule has 1 heterocycles. The second kappa shape index (κ2) is 9.22. The summed E-state index contributed by atoms with van der Waals surface area (Å²) in [6.45, 7) is 2.92. The molecule has 1 saturated carbocycles. The molecule has 1 aromatic carbocycles. The summed E-state index contributed by atoms with van der Waals surface area (Å²) in [6.07, 6.45) is 5.23. The normalized spacial score (nSPS) is 24.0. The SMILES string of the molecule is O=C(NCCCCOCCc1ccccc1)N1C[C@@H]2CCC[C@@]2(C(=O)O)C1. The maximum atomic E-state index is 12.3. The maximum Gasteiger partial charge on any atom is 0.317 e. The number of urea groups is 1. The van der Waals surface area contributed by atoms with Gasteiger partial charge in [0.2, 0.25) is 0 Å². The monoisotopic (exact) mass is 374 g/mol. The smallest absolute Gasteiger partial charge is 0.317 e. The Morgan fingerprint density at radius 3 is 2.78 bits per heavy atom. The van der Waals surface area contributed by atoms with Crippen molar-refractivity contribution in [3.05, 3.63) is 35.9 Å². The van der Waals surface area contributed by atoms with Crippen molar-refractivity contribution in [3.8, 4) is 0 Å². The molecule has 2 amide bonds. The zero-order valence-electron chi connectivity index (χ0n) is 15.9. The average molecular weight is 374 g/mol. The number of carbonyl (C=O) groups is 2. The van der Waals surface area contributed by atoms with E-state index in [9.17, 15) is 14.7 Å². The zero-order chi connectivity index (χ0) is 19.1. The molecule has 1 aliphatic carbocycles. The van der Waals surface area contributed by atoms with Gasteiger partial charge in [0.1, 0.15) is 0 Å². The number of carboxylic acid groups (broad SMARTS) is 1.